The van der Waals surface area contributed by atoms with Gasteiger partial charge in [0.05, 0.1) is 5.97 Å². The summed E-state index contributed by atoms with van der Waals surface area (Å²) in [6.45, 7) is 0. The number of hydrogen-bond acceptors (Lipinski definition) is 11. The number of rotatable bonds is 13. The molecule has 0 aromatic rings. The maximum absolute atomic E-state index is 11.9. The summed E-state index contributed by atoms with van der Waals surface area (Å²) in [4.78, 5) is 62.8. The first kappa shape index (κ1) is 37.1. The van der Waals surface area contributed by atoms with Crippen molar-refractivity contribution in [2.75, 3.05) is 0 Å². The largest absolute Gasteiger partial charge is 1.00 e. The van der Waals surface area contributed by atoms with Crippen LogP contribution in [0.25, 0.3) is 0 Å². The average molecular weight is 676 g/mol. The van der Waals surface area contributed by atoms with Crippen molar-refractivity contribution in [3.05, 3.63) is 0 Å². The molecule has 0 heterocycles. The van der Waals surface area contributed by atoms with E-state index in [9.17, 15) is 33.9 Å². The number of ether oxygens (including phenoxy) is 4. The van der Waals surface area contributed by atoms with Gasteiger partial charge in [0, 0.05) is 0 Å². The van der Waals surface area contributed by atoms with E-state index in [0.29, 0.717) is 0 Å². The Bertz CT molecular complexity index is 751. The van der Waals surface area contributed by atoms with Gasteiger partial charge in [0.2, 0.25) is 19.3 Å². The molecule has 20 heteroatoms. The van der Waals surface area contributed by atoms with Crippen LogP contribution in [0.2, 0.25) is 0 Å². The van der Waals surface area contributed by atoms with Crippen molar-refractivity contribution in [2.45, 2.75) is 43.8 Å². The van der Waals surface area contributed by atoms with Gasteiger partial charge in [-0.1, -0.05) is 92.8 Å². The van der Waals surface area contributed by atoms with Gasteiger partial charge in [-0.3, -0.25) is 4.79 Å². The van der Waals surface area contributed by atoms with Crippen molar-refractivity contribution in [3.8, 4) is 0 Å². The molecular weight excluding hydrogens is 667 g/mol. The fourth-order valence-corrected chi connectivity index (χ4v) is 2.19. The van der Waals surface area contributed by atoms with E-state index < -0.39 is 73.6 Å². The van der Waals surface area contributed by atoms with Crippen LogP contribution in [0.15, 0.2) is 0 Å². The molecule has 0 saturated carbocycles. The molecule has 0 amide bonds. The molecule has 0 rings (SSSR count). The second kappa shape index (κ2) is 18.3. The molecule has 0 aromatic heterocycles. The predicted molar refractivity (Wildman–Crippen MR) is 113 cm³/mol. The SMILES string of the molecule is O=C[C@H](OC(=O)C(Cl)Cl)[C@@H](OC(=O)C(Cl)Cl)[C@H](OC(=O)C(Cl)Cl)[C@H](OC(=O)C(Cl)Cl)C(=O)[O-].[K+]. The zero-order valence-electron chi connectivity index (χ0n) is 16.2. The van der Waals surface area contributed by atoms with Crippen molar-refractivity contribution in [1.29, 1.82) is 0 Å². The Labute approximate surface area is 273 Å². The zero-order chi connectivity index (χ0) is 26.0. The van der Waals surface area contributed by atoms with E-state index >= 15 is 0 Å². The van der Waals surface area contributed by atoms with Crippen LogP contribution in [0.5, 0.6) is 0 Å². The van der Waals surface area contributed by atoms with Gasteiger partial charge in [-0.05, 0) is 0 Å². The number of carbonyl (C=O) groups is 6. The van der Waals surface area contributed by atoms with Crippen molar-refractivity contribution in [2.24, 2.45) is 0 Å². The third-order valence-corrected chi connectivity index (χ3v) is 4.45. The first-order valence-electron chi connectivity index (χ1n) is 7.74. The molecule has 11 nitrogen and oxygen atoms in total. The van der Waals surface area contributed by atoms with Crippen LogP contribution in [0.4, 0.5) is 0 Å². The van der Waals surface area contributed by atoms with E-state index in [2.05, 4.69) is 9.47 Å². The minimum atomic E-state index is -2.71. The summed E-state index contributed by atoms with van der Waals surface area (Å²) < 4.78 is 18.6. The van der Waals surface area contributed by atoms with Gasteiger partial charge >= 0.3 is 75.3 Å². The quantitative estimate of drug-likeness (QED) is 0.0685. The molecule has 0 aromatic carbocycles. The van der Waals surface area contributed by atoms with Gasteiger partial charge in [0.15, 0.2) is 30.7 Å². The molecule has 0 aliphatic rings. The Morgan fingerprint density at radius 3 is 1.24 bits per heavy atom. The van der Waals surface area contributed by atoms with E-state index in [1.807, 2.05) is 0 Å². The van der Waals surface area contributed by atoms with Crippen LogP contribution in [0, 0.1) is 0 Å². The third-order valence-electron chi connectivity index (χ3n) is 3.02. The van der Waals surface area contributed by atoms with Gasteiger partial charge in [-0.2, -0.15) is 0 Å². The van der Waals surface area contributed by atoms with Gasteiger partial charge in [-0.15, -0.1) is 0 Å². The first-order chi connectivity index (χ1) is 15.1. The predicted octanol–water partition coefficient (Wildman–Crippen LogP) is -2.20. The maximum atomic E-state index is 11.9. The molecular formula is C14H9Cl8KO11. The fraction of sp³-hybridized carbons (Fsp3) is 0.571. The van der Waals surface area contributed by atoms with E-state index in [-0.39, 0.29) is 57.7 Å². The monoisotopic (exact) mass is 672 g/mol. The number of alkyl halides is 8. The Hall–Kier alpha value is 0.976. The van der Waals surface area contributed by atoms with Crippen LogP contribution in [-0.4, -0.2) is 79.9 Å². The maximum Gasteiger partial charge on any atom is 1.00 e. The van der Waals surface area contributed by atoms with Crippen LogP contribution in [0.1, 0.15) is 0 Å². The molecule has 0 aliphatic heterocycles. The van der Waals surface area contributed by atoms with Crippen LogP contribution in [0.3, 0.4) is 0 Å². The zero-order valence-corrected chi connectivity index (χ0v) is 25.4. The number of aliphatic carboxylic acids is 1. The normalized spacial score (nSPS) is 14.5. The fourth-order valence-electron chi connectivity index (χ4n) is 1.78. The van der Waals surface area contributed by atoms with Crippen LogP contribution >= 0.6 is 92.8 Å². The number of carboxylic acids is 1. The first-order valence-corrected chi connectivity index (χ1v) is 11.2. The Balaban J connectivity index is 0. The van der Waals surface area contributed by atoms with E-state index in [4.69, 9.17) is 102 Å². The smallest absolute Gasteiger partial charge is 0.546 e. The summed E-state index contributed by atoms with van der Waals surface area (Å²) in [5, 5.41) is 11.7. The van der Waals surface area contributed by atoms with Crippen LogP contribution in [-0.2, 0) is 47.7 Å². The van der Waals surface area contributed by atoms with Gasteiger partial charge in [-0.25, -0.2) is 19.2 Å². The van der Waals surface area contributed by atoms with Crippen molar-refractivity contribution in [1.82, 2.24) is 0 Å². The van der Waals surface area contributed by atoms with E-state index in [0.717, 1.165) is 0 Å². The summed E-state index contributed by atoms with van der Waals surface area (Å²) in [5.41, 5.74) is 0. The summed E-state index contributed by atoms with van der Waals surface area (Å²) in [5.74, 6) is -8.57. The van der Waals surface area contributed by atoms with Crippen molar-refractivity contribution >= 4 is 129 Å². The van der Waals surface area contributed by atoms with Gasteiger partial charge in [0.1, 0.15) is 0 Å². The molecule has 0 N–H and O–H groups in total. The minimum absolute atomic E-state index is 0. The Morgan fingerprint density at radius 1 is 0.588 bits per heavy atom. The van der Waals surface area contributed by atoms with Gasteiger partial charge in [0.25, 0.3) is 0 Å². The van der Waals surface area contributed by atoms with Crippen molar-refractivity contribution < 1.29 is 104 Å². The molecule has 34 heavy (non-hydrogen) atoms. The topological polar surface area (TPSA) is 162 Å². The number of carboxylic acid groups (broad SMARTS) is 1. The molecule has 0 spiro atoms. The molecule has 0 saturated heterocycles. The minimum Gasteiger partial charge on any atom is -0.546 e. The van der Waals surface area contributed by atoms with E-state index in [1.54, 1.807) is 0 Å². The van der Waals surface area contributed by atoms with Gasteiger partial charge < -0.3 is 28.8 Å². The summed E-state index contributed by atoms with van der Waals surface area (Å²) in [6.07, 6.45) is -10.2. The average Bonchev–Trinajstić information content (AvgIpc) is 2.71. The number of aldehydes is 1. The number of hydrogen-bond donors (Lipinski definition) is 0. The molecule has 0 fully saturated rings. The molecule has 188 valence electrons. The second-order valence-corrected chi connectivity index (χ2v) is 9.60. The number of halogens is 8. The molecule has 0 aliphatic carbocycles. The number of carbonyl (C=O) groups excluding carboxylic acids is 6. The molecule has 0 unspecified atom stereocenters. The van der Waals surface area contributed by atoms with E-state index in [1.165, 1.54) is 0 Å². The molecule has 4 atom stereocenters. The Morgan fingerprint density at radius 2 is 0.912 bits per heavy atom. The Kier molecular flexibility index (Phi) is 19.9. The molecule has 0 radical (unpaired) electrons. The summed E-state index contributed by atoms with van der Waals surface area (Å²) in [6, 6.07) is 0. The van der Waals surface area contributed by atoms with Crippen LogP contribution < -0.4 is 56.5 Å². The molecule has 0 bridgehead atoms. The number of esters is 4. The van der Waals surface area contributed by atoms with Crippen molar-refractivity contribution in [3.63, 3.8) is 0 Å². The standard InChI is InChI=1S/C14H10Cl8O11.K/c15-6(16)11(26)30-2(1-23)3(31-12(27)7(17)18)4(32-13(28)8(19)20)5(10(24)25)33-14(29)9(21)22;/h1-9H,(H,24,25);/q;+1/p-1/t2-,3+,4-,5-;/m0./s1. The second-order valence-electron chi connectivity index (χ2n) is 5.22. The summed E-state index contributed by atoms with van der Waals surface area (Å²) in [7, 11) is 0. The summed E-state index contributed by atoms with van der Waals surface area (Å²) >= 11 is 42.6. The third kappa shape index (κ3) is 13.0.